The lowest BCUT2D eigenvalue weighted by Gasteiger charge is -1.97. The first-order valence-corrected chi connectivity index (χ1v) is 6.43. The van der Waals surface area contributed by atoms with Crippen LogP contribution < -0.4 is 0 Å². The van der Waals surface area contributed by atoms with Crippen molar-refractivity contribution >= 4 is 23.9 Å². The Morgan fingerprint density at radius 3 is 1.63 bits per heavy atom. The summed E-state index contributed by atoms with van der Waals surface area (Å²) >= 11 is 1.49. The van der Waals surface area contributed by atoms with Gasteiger partial charge in [-0.2, -0.15) is 11.3 Å². The number of aldehydes is 2. The Morgan fingerprint density at radius 1 is 0.789 bits per heavy atom. The fraction of sp³-hybridized carbons (Fsp3) is 0. The average molecular weight is 272 g/mol. The Morgan fingerprint density at radius 2 is 1.26 bits per heavy atom. The van der Waals surface area contributed by atoms with Gasteiger partial charge in [0.05, 0.1) is 0 Å². The van der Waals surface area contributed by atoms with Gasteiger partial charge < -0.3 is 8.83 Å². The molecule has 0 aliphatic heterocycles. The number of carbonyl (C=O) groups is 2. The van der Waals surface area contributed by atoms with Gasteiger partial charge in [-0.25, -0.2) is 0 Å². The van der Waals surface area contributed by atoms with Crippen molar-refractivity contribution in [1.82, 2.24) is 0 Å². The van der Waals surface area contributed by atoms with Crippen LogP contribution in [0, 0.1) is 0 Å². The first-order valence-electron chi connectivity index (χ1n) is 5.49. The van der Waals surface area contributed by atoms with E-state index < -0.39 is 0 Å². The topological polar surface area (TPSA) is 60.4 Å². The van der Waals surface area contributed by atoms with Crippen molar-refractivity contribution in [1.29, 1.82) is 0 Å². The number of hydrogen-bond donors (Lipinski definition) is 0. The van der Waals surface area contributed by atoms with Gasteiger partial charge in [-0.15, -0.1) is 0 Å². The van der Waals surface area contributed by atoms with E-state index in [1.807, 2.05) is 10.8 Å². The molecule has 19 heavy (non-hydrogen) atoms. The van der Waals surface area contributed by atoms with E-state index in [1.165, 1.54) is 11.3 Å². The van der Waals surface area contributed by atoms with Crippen LogP contribution in [0.1, 0.15) is 21.1 Å². The molecule has 0 spiro atoms. The Hall–Kier alpha value is -2.40. The van der Waals surface area contributed by atoms with Crippen molar-refractivity contribution in [2.24, 2.45) is 0 Å². The second-order valence-electron chi connectivity index (χ2n) is 3.84. The molecule has 0 atom stereocenters. The molecule has 0 bridgehead atoms. The van der Waals surface area contributed by atoms with Crippen LogP contribution in [0.25, 0.3) is 22.6 Å². The van der Waals surface area contributed by atoms with Crippen LogP contribution in [0.15, 0.2) is 43.9 Å². The van der Waals surface area contributed by atoms with Crippen LogP contribution in [0.2, 0.25) is 0 Å². The lowest BCUT2D eigenvalue weighted by molar-refractivity contribution is 0.109. The number of hydrogen-bond acceptors (Lipinski definition) is 5. The third-order valence-corrected chi connectivity index (χ3v) is 3.42. The first-order chi connectivity index (χ1) is 9.31. The second-order valence-corrected chi connectivity index (χ2v) is 4.58. The van der Waals surface area contributed by atoms with Gasteiger partial charge >= 0.3 is 0 Å². The van der Waals surface area contributed by atoms with Crippen molar-refractivity contribution < 1.29 is 18.4 Å². The second kappa shape index (κ2) is 4.70. The fourth-order valence-electron chi connectivity index (χ4n) is 1.80. The summed E-state index contributed by atoms with van der Waals surface area (Å²) in [7, 11) is 0. The maximum atomic E-state index is 10.6. The normalized spacial score (nSPS) is 10.5. The first kappa shape index (κ1) is 11.7. The highest BCUT2D eigenvalue weighted by Crippen LogP contribution is 2.36. The van der Waals surface area contributed by atoms with Gasteiger partial charge in [-0.05, 0) is 24.3 Å². The number of thiophene rings is 1. The average Bonchev–Trinajstić information content (AvgIpc) is 3.16. The molecule has 0 aliphatic rings. The summed E-state index contributed by atoms with van der Waals surface area (Å²) in [5, 5.41) is 3.82. The van der Waals surface area contributed by atoms with Gasteiger partial charge in [0, 0.05) is 21.9 Å². The largest absolute Gasteiger partial charge is 0.453 e. The molecule has 3 aromatic heterocycles. The maximum absolute atomic E-state index is 10.6. The quantitative estimate of drug-likeness (QED) is 0.676. The minimum Gasteiger partial charge on any atom is -0.453 e. The molecule has 3 heterocycles. The highest BCUT2D eigenvalue weighted by Gasteiger charge is 2.15. The van der Waals surface area contributed by atoms with E-state index in [9.17, 15) is 9.59 Å². The SMILES string of the molecule is O=Cc1ccc(-c2cscc2-c2ccc(C=O)o2)o1. The molecular formula is C14H8O4S. The molecule has 3 rings (SSSR count). The van der Waals surface area contributed by atoms with E-state index in [4.69, 9.17) is 8.83 Å². The highest BCUT2D eigenvalue weighted by atomic mass is 32.1. The van der Waals surface area contributed by atoms with Gasteiger partial charge in [-0.3, -0.25) is 9.59 Å². The lowest BCUT2D eigenvalue weighted by atomic mass is 10.1. The zero-order valence-electron chi connectivity index (χ0n) is 9.66. The number of carbonyl (C=O) groups excluding carboxylic acids is 2. The van der Waals surface area contributed by atoms with E-state index in [2.05, 4.69) is 0 Å². The van der Waals surface area contributed by atoms with Crippen LogP contribution in [-0.4, -0.2) is 12.6 Å². The molecule has 0 saturated carbocycles. The molecule has 0 aliphatic carbocycles. The summed E-state index contributed by atoms with van der Waals surface area (Å²) in [5.41, 5.74) is 1.68. The summed E-state index contributed by atoms with van der Waals surface area (Å²) in [6, 6.07) is 6.70. The van der Waals surface area contributed by atoms with E-state index in [1.54, 1.807) is 24.3 Å². The van der Waals surface area contributed by atoms with Crippen LogP contribution in [0.4, 0.5) is 0 Å². The zero-order chi connectivity index (χ0) is 13.2. The van der Waals surface area contributed by atoms with Gasteiger partial charge in [0.2, 0.25) is 0 Å². The summed E-state index contributed by atoms with van der Waals surface area (Å²) < 4.78 is 10.8. The van der Waals surface area contributed by atoms with Crippen molar-refractivity contribution in [2.75, 3.05) is 0 Å². The van der Waals surface area contributed by atoms with Crippen molar-refractivity contribution in [3.8, 4) is 22.6 Å². The van der Waals surface area contributed by atoms with Crippen LogP contribution in [0.3, 0.4) is 0 Å². The van der Waals surface area contributed by atoms with Crippen LogP contribution in [0.5, 0.6) is 0 Å². The van der Waals surface area contributed by atoms with Gasteiger partial charge in [-0.1, -0.05) is 0 Å². The van der Waals surface area contributed by atoms with Gasteiger partial charge in [0.1, 0.15) is 11.5 Å². The molecular weight excluding hydrogens is 264 g/mol. The molecule has 0 aromatic carbocycles. The van der Waals surface area contributed by atoms with E-state index >= 15 is 0 Å². The fourth-order valence-corrected chi connectivity index (χ4v) is 2.63. The van der Waals surface area contributed by atoms with Crippen LogP contribution in [-0.2, 0) is 0 Å². The summed E-state index contributed by atoms with van der Waals surface area (Å²) in [4.78, 5) is 21.3. The third-order valence-electron chi connectivity index (χ3n) is 2.68. The highest BCUT2D eigenvalue weighted by molar-refractivity contribution is 7.08. The Balaban J connectivity index is 2.06. The zero-order valence-corrected chi connectivity index (χ0v) is 10.5. The minimum absolute atomic E-state index is 0.278. The third kappa shape index (κ3) is 2.04. The molecule has 0 saturated heterocycles. The van der Waals surface area contributed by atoms with E-state index in [-0.39, 0.29) is 11.5 Å². The van der Waals surface area contributed by atoms with Crippen LogP contribution >= 0.6 is 11.3 Å². The molecule has 94 valence electrons. The predicted molar refractivity (Wildman–Crippen MR) is 70.5 cm³/mol. The summed E-state index contributed by atoms with van der Waals surface area (Å²) in [5.74, 6) is 1.75. The van der Waals surface area contributed by atoms with E-state index in [0.29, 0.717) is 24.1 Å². The number of rotatable bonds is 4. The van der Waals surface area contributed by atoms with E-state index in [0.717, 1.165) is 11.1 Å². The monoisotopic (exact) mass is 272 g/mol. The maximum Gasteiger partial charge on any atom is 0.185 e. The number of furan rings is 2. The smallest absolute Gasteiger partial charge is 0.185 e. The molecule has 5 heteroatoms. The minimum atomic E-state index is 0.278. The van der Waals surface area contributed by atoms with Gasteiger partial charge in [0.25, 0.3) is 0 Å². The van der Waals surface area contributed by atoms with Crippen molar-refractivity contribution in [3.63, 3.8) is 0 Å². The standard InChI is InChI=1S/C14H8O4S/c15-5-9-1-3-13(17-9)11-7-19-8-12(11)14-4-2-10(6-16)18-14/h1-8H. The lowest BCUT2D eigenvalue weighted by Crippen LogP contribution is -1.76. The molecule has 0 amide bonds. The molecule has 0 unspecified atom stereocenters. The Kier molecular flexibility index (Phi) is 2.89. The van der Waals surface area contributed by atoms with Gasteiger partial charge in [0.15, 0.2) is 24.1 Å². The Labute approximate surface area is 112 Å². The molecule has 3 aromatic rings. The summed E-state index contributed by atoms with van der Waals surface area (Å²) in [6.07, 6.45) is 1.32. The predicted octanol–water partition coefficient (Wildman–Crippen LogP) is 3.89. The Bertz CT molecular complexity index is 671. The molecule has 4 nitrogen and oxygen atoms in total. The molecule has 0 radical (unpaired) electrons. The van der Waals surface area contributed by atoms with Crippen molar-refractivity contribution in [3.05, 3.63) is 46.5 Å². The molecule has 0 fully saturated rings. The molecule has 0 N–H and O–H groups in total. The summed E-state index contributed by atoms with van der Waals surface area (Å²) in [6.45, 7) is 0. The van der Waals surface area contributed by atoms with Crippen molar-refractivity contribution in [2.45, 2.75) is 0 Å².